The van der Waals surface area contributed by atoms with Gasteiger partial charge in [-0.2, -0.15) is 0 Å². The average Bonchev–Trinajstić information content (AvgIpc) is 0.748. The monoisotopic (exact) mass is 1310 g/mol. The van der Waals surface area contributed by atoms with Gasteiger partial charge >= 0.3 is 0 Å². The number of fused-ring (bicyclic) bond motifs is 18. The summed E-state index contributed by atoms with van der Waals surface area (Å²) in [6, 6.07) is 81.6. The van der Waals surface area contributed by atoms with Crippen LogP contribution in [0.1, 0.15) is 21.9 Å². The Labute approximate surface area is 609 Å². The van der Waals surface area contributed by atoms with E-state index in [0.29, 0.717) is 44.5 Å². The molecule has 0 spiro atoms. The molecule has 0 fully saturated rings. The predicted octanol–water partition coefficient (Wildman–Crippen LogP) is 28.7. The molecule has 0 amide bonds. The fraction of sp³-hybridized carbons (Fsp3) is 0. The molecule has 2 nitrogen and oxygen atoms in total. The molecular formula is C100H60O2. The summed E-state index contributed by atoms with van der Waals surface area (Å²) in [6.07, 6.45) is 0. The van der Waals surface area contributed by atoms with Gasteiger partial charge < -0.3 is 8.83 Å². The van der Waals surface area contributed by atoms with Gasteiger partial charge in [-0.3, -0.25) is 0 Å². The van der Waals surface area contributed by atoms with Gasteiger partial charge in [0, 0.05) is 32.7 Å². The van der Waals surface area contributed by atoms with E-state index in [0.717, 1.165) is 131 Å². The Morgan fingerprint density at radius 3 is 0.922 bits per heavy atom. The van der Waals surface area contributed by atoms with Crippen molar-refractivity contribution >= 4 is 152 Å². The number of hydrogen-bond acceptors (Lipinski definition) is 2. The maximum Gasteiger partial charge on any atom is 0.143 e. The van der Waals surface area contributed by atoms with Crippen molar-refractivity contribution in [2.75, 3.05) is 0 Å². The summed E-state index contributed by atoms with van der Waals surface area (Å²) in [4.78, 5) is 0. The third-order valence-corrected chi connectivity index (χ3v) is 20.5. The summed E-state index contributed by atoms with van der Waals surface area (Å²) < 4.78 is 159. The van der Waals surface area contributed by atoms with E-state index in [-0.39, 0.29) is 91.4 Å². The fourth-order valence-corrected chi connectivity index (χ4v) is 16.1. The van der Waals surface area contributed by atoms with Crippen LogP contribution in [0.2, 0.25) is 0 Å². The summed E-state index contributed by atoms with van der Waals surface area (Å²) in [5.74, 6) is 0. The minimum atomic E-state index is -0.429. The molecular weight excluding hydrogens is 1230 g/mol. The van der Waals surface area contributed by atoms with Crippen LogP contribution < -0.4 is 0 Å². The van der Waals surface area contributed by atoms with Crippen molar-refractivity contribution in [1.29, 1.82) is 0 Å². The fourth-order valence-electron chi connectivity index (χ4n) is 16.1. The molecule has 0 saturated carbocycles. The van der Waals surface area contributed by atoms with E-state index in [2.05, 4.69) is 60.7 Å². The largest absolute Gasteiger partial charge is 0.455 e. The van der Waals surface area contributed by atoms with Crippen LogP contribution in [0.4, 0.5) is 0 Å². The Morgan fingerprint density at radius 2 is 0.480 bits per heavy atom. The van der Waals surface area contributed by atoms with E-state index >= 15 is 0 Å². The van der Waals surface area contributed by atoms with E-state index < -0.39 is 48.3 Å². The van der Waals surface area contributed by atoms with Crippen molar-refractivity contribution in [3.63, 3.8) is 0 Å². The highest BCUT2D eigenvalue weighted by Crippen LogP contribution is 2.50. The van der Waals surface area contributed by atoms with Crippen LogP contribution in [-0.4, -0.2) is 0 Å². The molecule has 2 aromatic heterocycles. The Hall–Kier alpha value is -13.4. The van der Waals surface area contributed by atoms with E-state index in [1.807, 2.05) is 206 Å². The lowest BCUT2D eigenvalue weighted by molar-refractivity contribution is 0.670. The van der Waals surface area contributed by atoms with Crippen molar-refractivity contribution in [3.05, 3.63) is 364 Å². The Bertz CT molecular complexity index is 8120. The highest BCUT2D eigenvalue weighted by Gasteiger charge is 2.23. The van der Waals surface area contributed by atoms with Crippen molar-refractivity contribution < 1.29 is 30.8 Å². The molecule has 472 valence electrons. The van der Waals surface area contributed by atoms with E-state index in [4.69, 9.17) is 19.8 Å². The second-order valence-corrected chi connectivity index (χ2v) is 26.0. The van der Waals surface area contributed by atoms with Gasteiger partial charge in [0.05, 0.1) is 21.9 Å². The number of furan rings is 2. The van der Waals surface area contributed by atoms with Gasteiger partial charge in [-0.1, -0.05) is 333 Å². The highest BCUT2D eigenvalue weighted by atomic mass is 16.3. The van der Waals surface area contributed by atoms with Gasteiger partial charge in [-0.25, -0.2) is 0 Å². The molecule has 2 heteroatoms. The first-order chi connectivity index (χ1) is 57.3. The van der Waals surface area contributed by atoms with E-state index in [1.165, 1.54) is 0 Å². The molecule has 20 aromatic carbocycles. The smallest absolute Gasteiger partial charge is 0.143 e. The normalized spacial score (nSPS) is 14.1. The Morgan fingerprint density at radius 1 is 0.186 bits per heavy atom. The summed E-state index contributed by atoms with van der Waals surface area (Å²) >= 11 is 0. The highest BCUT2D eigenvalue weighted by molar-refractivity contribution is 6.28. The van der Waals surface area contributed by atoms with Crippen molar-refractivity contribution in [2.24, 2.45) is 0 Å². The van der Waals surface area contributed by atoms with Gasteiger partial charge in [0.25, 0.3) is 0 Å². The maximum atomic E-state index is 9.47. The maximum absolute atomic E-state index is 9.47. The molecule has 0 bridgehead atoms. The van der Waals surface area contributed by atoms with Gasteiger partial charge in [-0.05, 0) is 194 Å². The molecule has 0 unspecified atom stereocenters. The summed E-state index contributed by atoms with van der Waals surface area (Å²) in [7, 11) is 0. The molecule has 0 N–H and O–H groups in total. The molecule has 0 saturated heterocycles. The lowest BCUT2D eigenvalue weighted by atomic mass is 9.83. The molecule has 0 aliphatic rings. The third kappa shape index (κ3) is 9.00. The molecule has 22 rings (SSSR count). The zero-order chi connectivity index (χ0) is 80.9. The minimum absolute atomic E-state index is 0.187. The summed E-state index contributed by atoms with van der Waals surface area (Å²) in [5, 5.41) is 16.8. The first-order valence-electron chi connectivity index (χ1n) is 41.9. The quantitative estimate of drug-likeness (QED) is 0.155. The molecule has 0 aliphatic carbocycles. The van der Waals surface area contributed by atoms with Crippen LogP contribution in [-0.2, 0) is 0 Å². The van der Waals surface area contributed by atoms with Gasteiger partial charge in [0.2, 0.25) is 0 Å². The predicted molar refractivity (Wildman–Crippen MR) is 435 cm³/mol. The van der Waals surface area contributed by atoms with E-state index in [1.54, 1.807) is 0 Å². The molecule has 22 aromatic rings. The standard InChI is InChI=1S/2C50H30O/c1-3-16-35-31(12-1)14-9-23-39(35)47-41-18-5-7-20-43(41)48(44-21-8-6-19-42(44)47)40-24-10-15-33-30-34(26-28-36(33)40)38-22-11-25-45-49-37-17-4-2-13-32(37)27-29-46(49)51-50(38)45;1-2-13-33-29-36(24-23-31(33)11-1)47-41-16-5-7-18-43(41)48(44-19-8-6-17-42(44)47)40-21-9-14-34-30-35(25-27-37(34)40)39-20-10-22-45-49-38-15-4-3-12-32(38)26-28-46(49)51-50(39)45/h2*1-30H/i5D,6D,7D,8D,18D,19D,20D,21D;5D,6D,7D,8D,16D,17D,18D,19D. The van der Waals surface area contributed by atoms with Crippen molar-refractivity contribution in [1.82, 2.24) is 0 Å². The Balaban J connectivity index is 0.000000147. The number of para-hydroxylation sites is 2. The van der Waals surface area contributed by atoms with Crippen molar-refractivity contribution in [3.8, 4) is 66.8 Å². The van der Waals surface area contributed by atoms with Gasteiger partial charge in [-0.15, -0.1) is 0 Å². The zero-order valence-corrected chi connectivity index (χ0v) is 54.2. The first-order valence-corrected chi connectivity index (χ1v) is 33.9. The van der Waals surface area contributed by atoms with E-state index in [9.17, 15) is 11.0 Å². The van der Waals surface area contributed by atoms with Crippen LogP contribution in [0.5, 0.6) is 0 Å². The second kappa shape index (κ2) is 23.1. The second-order valence-electron chi connectivity index (χ2n) is 26.0. The van der Waals surface area contributed by atoms with Crippen LogP contribution in [0.25, 0.3) is 218 Å². The number of benzene rings is 20. The zero-order valence-electron chi connectivity index (χ0n) is 70.2. The molecule has 0 aliphatic heterocycles. The van der Waals surface area contributed by atoms with Gasteiger partial charge in [0.1, 0.15) is 22.3 Å². The molecule has 0 radical (unpaired) electrons. The number of hydrogen-bond donors (Lipinski definition) is 0. The van der Waals surface area contributed by atoms with Crippen LogP contribution in [0.15, 0.2) is 372 Å². The first kappa shape index (κ1) is 43.8. The van der Waals surface area contributed by atoms with Crippen LogP contribution >= 0.6 is 0 Å². The van der Waals surface area contributed by atoms with Crippen molar-refractivity contribution in [2.45, 2.75) is 0 Å². The van der Waals surface area contributed by atoms with Crippen LogP contribution in [0, 0.1) is 0 Å². The topological polar surface area (TPSA) is 26.3 Å². The summed E-state index contributed by atoms with van der Waals surface area (Å²) in [5.41, 5.74) is 10.4. The van der Waals surface area contributed by atoms with Crippen LogP contribution in [0.3, 0.4) is 0 Å². The van der Waals surface area contributed by atoms with Gasteiger partial charge in [0.15, 0.2) is 0 Å². The molecule has 102 heavy (non-hydrogen) atoms. The molecule has 0 atom stereocenters. The average molecular weight is 1310 g/mol. The number of rotatable bonds is 6. The lowest BCUT2D eigenvalue weighted by Gasteiger charge is -2.19. The lowest BCUT2D eigenvalue weighted by Crippen LogP contribution is -1.92. The summed E-state index contributed by atoms with van der Waals surface area (Å²) in [6.45, 7) is 0. The molecule has 2 heterocycles. The Kier molecular flexibility index (Phi) is 9.92. The minimum Gasteiger partial charge on any atom is -0.455 e. The SMILES string of the molecule is [2H]c1c([2H])c([2H])c2c(-c3cccc4cc(-c5cccc6c5oc5ccc7ccccc7c56)ccc34)c3c([2H])c([2H])c([2H])c([2H])c3c(-c3ccc4ccccc4c3)c2c1[2H].[2H]c1c([2H])c([2H])c2c(-c3cccc4cc(-c5cccc6c5oc5ccc7ccccc7c56)ccc34)c3c([2H])c([2H])c([2H])c([2H])c3c(-c3cccc4ccccc34)c2c1[2H]. The third-order valence-electron chi connectivity index (χ3n) is 20.5.